The molecular formula is C9H12N4OS. The molecule has 0 aliphatic carbocycles. The number of rotatable bonds is 4. The van der Waals surface area contributed by atoms with Crippen LogP contribution in [-0.2, 0) is 0 Å². The molecule has 0 fully saturated rings. The highest BCUT2D eigenvalue weighted by atomic mass is 32.1. The van der Waals surface area contributed by atoms with E-state index in [1.807, 2.05) is 19.9 Å². The van der Waals surface area contributed by atoms with Gasteiger partial charge >= 0.3 is 0 Å². The van der Waals surface area contributed by atoms with Crippen molar-refractivity contribution in [2.75, 3.05) is 13.1 Å². The molecule has 0 bridgehead atoms. The number of amides is 1. The zero-order chi connectivity index (χ0) is 11.3. The second-order valence-corrected chi connectivity index (χ2v) is 4.32. The number of carbonyl (C=O) groups excluding carboxylic acids is 1. The van der Waals surface area contributed by atoms with Gasteiger partial charge in [0.05, 0.1) is 4.88 Å². The first-order chi connectivity index (χ1) is 7.15. The number of aryl methyl sites for hydroxylation is 2. The summed E-state index contributed by atoms with van der Waals surface area (Å²) in [6.45, 7) is 4.61. The van der Waals surface area contributed by atoms with Crippen LogP contribution in [0.3, 0.4) is 0 Å². The molecule has 1 heterocycles. The minimum absolute atomic E-state index is 0.107. The van der Waals surface area contributed by atoms with Crippen LogP contribution >= 0.6 is 11.3 Å². The first-order valence-electron chi connectivity index (χ1n) is 4.51. The predicted octanol–water partition coefficient (Wildman–Crippen LogP) is 2.41. The van der Waals surface area contributed by atoms with Crippen LogP contribution in [0.25, 0.3) is 10.4 Å². The number of carbonyl (C=O) groups is 1. The van der Waals surface area contributed by atoms with E-state index in [-0.39, 0.29) is 12.5 Å². The lowest BCUT2D eigenvalue weighted by atomic mass is 10.3. The normalized spacial score (nSPS) is 9.47. The summed E-state index contributed by atoms with van der Waals surface area (Å²) in [5, 5.41) is 6.01. The van der Waals surface area contributed by atoms with Crippen LogP contribution in [0.15, 0.2) is 11.2 Å². The highest BCUT2D eigenvalue weighted by Crippen LogP contribution is 2.20. The highest BCUT2D eigenvalue weighted by Gasteiger charge is 2.08. The summed E-state index contributed by atoms with van der Waals surface area (Å²) in [6, 6.07) is 1.86. The van der Waals surface area contributed by atoms with Gasteiger partial charge < -0.3 is 5.32 Å². The fourth-order valence-corrected chi connectivity index (χ4v) is 1.99. The molecule has 0 saturated heterocycles. The van der Waals surface area contributed by atoms with Gasteiger partial charge in [0.25, 0.3) is 5.91 Å². The molecule has 1 aromatic heterocycles. The lowest BCUT2D eigenvalue weighted by Gasteiger charge is -1.99. The Hall–Kier alpha value is -1.52. The zero-order valence-corrected chi connectivity index (χ0v) is 9.47. The van der Waals surface area contributed by atoms with E-state index in [2.05, 4.69) is 15.3 Å². The minimum atomic E-state index is -0.107. The Morgan fingerprint density at radius 3 is 2.93 bits per heavy atom. The molecule has 1 rings (SSSR count). The van der Waals surface area contributed by atoms with Gasteiger partial charge in [0.2, 0.25) is 0 Å². The molecule has 6 heteroatoms. The highest BCUT2D eigenvalue weighted by molar-refractivity contribution is 7.14. The van der Waals surface area contributed by atoms with Gasteiger partial charge in [-0.05, 0) is 31.0 Å². The van der Waals surface area contributed by atoms with Crippen molar-refractivity contribution in [3.63, 3.8) is 0 Å². The van der Waals surface area contributed by atoms with Crippen LogP contribution in [0, 0.1) is 13.8 Å². The van der Waals surface area contributed by atoms with Crippen molar-refractivity contribution >= 4 is 17.2 Å². The molecule has 1 amide bonds. The Morgan fingerprint density at radius 1 is 1.67 bits per heavy atom. The molecule has 0 saturated carbocycles. The van der Waals surface area contributed by atoms with E-state index < -0.39 is 0 Å². The standard InChI is InChI=1S/C9H12N4OS/c1-6-5-8(15-7(6)2)9(14)11-3-4-12-13-10/h5H,3-4H2,1-2H3,(H,11,14). The van der Waals surface area contributed by atoms with E-state index in [0.717, 1.165) is 10.4 Å². The van der Waals surface area contributed by atoms with Gasteiger partial charge in [0, 0.05) is 22.9 Å². The maximum atomic E-state index is 11.5. The quantitative estimate of drug-likeness (QED) is 0.362. The van der Waals surface area contributed by atoms with E-state index in [1.165, 1.54) is 11.3 Å². The minimum Gasteiger partial charge on any atom is -0.351 e. The second kappa shape index (κ2) is 5.38. The van der Waals surface area contributed by atoms with Crippen LogP contribution < -0.4 is 5.32 Å². The van der Waals surface area contributed by atoms with E-state index in [0.29, 0.717) is 11.4 Å². The van der Waals surface area contributed by atoms with E-state index in [4.69, 9.17) is 5.53 Å². The molecule has 0 unspecified atom stereocenters. The SMILES string of the molecule is Cc1cc(C(=O)NCCN=[N+]=[N-])sc1C. The average Bonchev–Trinajstić information content (AvgIpc) is 2.54. The molecule has 5 nitrogen and oxygen atoms in total. The van der Waals surface area contributed by atoms with Crippen LogP contribution in [0.5, 0.6) is 0 Å². The number of nitrogens with one attached hydrogen (secondary N) is 1. The molecule has 0 aliphatic rings. The molecule has 0 aromatic carbocycles. The Bertz CT molecular complexity index is 387. The Labute approximate surface area is 91.7 Å². The van der Waals surface area contributed by atoms with Gasteiger partial charge in [0.1, 0.15) is 0 Å². The predicted molar refractivity (Wildman–Crippen MR) is 60.1 cm³/mol. The van der Waals surface area contributed by atoms with Crippen LogP contribution in [0.2, 0.25) is 0 Å². The summed E-state index contributed by atoms with van der Waals surface area (Å²) in [5.41, 5.74) is 9.16. The van der Waals surface area contributed by atoms with Crippen molar-refractivity contribution < 1.29 is 4.79 Å². The van der Waals surface area contributed by atoms with Gasteiger partial charge in [0.15, 0.2) is 0 Å². The summed E-state index contributed by atoms with van der Waals surface area (Å²) in [6.07, 6.45) is 0. The number of nitrogens with zero attached hydrogens (tertiary/aromatic N) is 3. The van der Waals surface area contributed by atoms with Crippen LogP contribution in [0.1, 0.15) is 20.1 Å². The topological polar surface area (TPSA) is 77.9 Å². The van der Waals surface area contributed by atoms with Gasteiger partial charge in [-0.15, -0.1) is 11.3 Å². The molecule has 0 atom stereocenters. The zero-order valence-electron chi connectivity index (χ0n) is 8.65. The van der Waals surface area contributed by atoms with Crippen LogP contribution in [-0.4, -0.2) is 19.0 Å². The van der Waals surface area contributed by atoms with Crippen molar-refractivity contribution in [3.05, 3.63) is 31.8 Å². The summed E-state index contributed by atoms with van der Waals surface area (Å²) in [5.74, 6) is -0.107. The van der Waals surface area contributed by atoms with Gasteiger partial charge in [-0.2, -0.15) is 0 Å². The summed E-state index contributed by atoms with van der Waals surface area (Å²) < 4.78 is 0. The third-order valence-corrected chi connectivity index (χ3v) is 3.10. The molecule has 1 N–H and O–H groups in total. The Kier molecular flexibility index (Phi) is 4.15. The van der Waals surface area contributed by atoms with Gasteiger partial charge in [-0.1, -0.05) is 5.11 Å². The summed E-state index contributed by atoms with van der Waals surface area (Å²) in [7, 11) is 0. The van der Waals surface area contributed by atoms with Crippen molar-refractivity contribution in [2.24, 2.45) is 5.11 Å². The second-order valence-electron chi connectivity index (χ2n) is 3.06. The molecular weight excluding hydrogens is 212 g/mol. The smallest absolute Gasteiger partial charge is 0.261 e. The number of hydrogen-bond acceptors (Lipinski definition) is 3. The Balaban J connectivity index is 2.50. The van der Waals surface area contributed by atoms with Gasteiger partial charge in [-0.3, -0.25) is 4.79 Å². The van der Waals surface area contributed by atoms with E-state index >= 15 is 0 Å². The molecule has 0 aliphatic heterocycles. The van der Waals surface area contributed by atoms with Gasteiger partial charge in [-0.25, -0.2) is 0 Å². The fraction of sp³-hybridized carbons (Fsp3) is 0.444. The molecule has 80 valence electrons. The molecule has 1 aromatic rings. The Morgan fingerprint density at radius 2 is 2.40 bits per heavy atom. The maximum absolute atomic E-state index is 11.5. The summed E-state index contributed by atoms with van der Waals surface area (Å²) in [4.78, 5) is 16.0. The lowest BCUT2D eigenvalue weighted by Crippen LogP contribution is -2.25. The van der Waals surface area contributed by atoms with Crippen molar-refractivity contribution in [3.8, 4) is 0 Å². The molecule has 15 heavy (non-hydrogen) atoms. The monoisotopic (exact) mass is 224 g/mol. The van der Waals surface area contributed by atoms with Crippen molar-refractivity contribution in [2.45, 2.75) is 13.8 Å². The largest absolute Gasteiger partial charge is 0.351 e. The number of azide groups is 1. The lowest BCUT2D eigenvalue weighted by molar-refractivity contribution is 0.0959. The molecule has 0 spiro atoms. The third-order valence-electron chi connectivity index (χ3n) is 1.95. The maximum Gasteiger partial charge on any atom is 0.261 e. The average molecular weight is 224 g/mol. The third kappa shape index (κ3) is 3.27. The first kappa shape index (κ1) is 11.6. The summed E-state index contributed by atoms with van der Waals surface area (Å²) >= 11 is 1.47. The van der Waals surface area contributed by atoms with Crippen molar-refractivity contribution in [1.29, 1.82) is 0 Å². The van der Waals surface area contributed by atoms with Crippen LogP contribution in [0.4, 0.5) is 0 Å². The fourth-order valence-electron chi connectivity index (χ4n) is 1.04. The number of hydrogen-bond donors (Lipinski definition) is 1. The number of thiophene rings is 1. The molecule has 0 radical (unpaired) electrons. The first-order valence-corrected chi connectivity index (χ1v) is 5.33. The van der Waals surface area contributed by atoms with E-state index in [1.54, 1.807) is 0 Å². The van der Waals surface area contributed by atoms with Crippen molar-refractivity contribution in [1.82, 2.24) is 5.32 Å². The van der Waals surface area contributed by atoms with E-state index in [9.17, 15) is 4.79 Å².